The van der Waals surface area contributed by atoms with Crippen LogP contribution >= 0.6 is 23.1 Å². The first kappa shape index (κ1) is 26.0. The fourth-order valence-electron chi connectivity index (χ4n) is 3.99. The molecule has 196 valence electrons. The van der Waals surface area contributed by atoms with Gasteiger partial charge in [0, 0.05) is 28.8 Å². The highest BCUT2D eigenvalue weighted by Crippen LogP contribution is 2.36. The van der Waals surface area contributed by atoms with Crippen molar-refractivity contribution in [3.05, 3.63) is 89.3 Å². The highest BCUT2D eigenvalue weighted by atomic mass is 32.2. The van der Waals surface area contributed by atoms with Gasteiger partial charge in [-0.1, -0.05) is 24.3 Å². The molecule has 1 unspecified atom stereocenters. The maximum atomic E-state index is 12.9. The van der Waals surface area contributed by atoms with Gasteiger partial charge in [0.1, 0.15) is 17.9 Å². The topological polar surface area (TPSA) is 91.7 Å². The van der Waals surface area contributed by atoms with Crippen molar-refractivity contribution in [1.82, 2.24) is 4.90 Å². The van der Waals surface area contributed by atoms with Crippen LogP contribution in [0.1, 0.15) is 15.9 Å². The third-order valence-corrected chi connectivity index (χ3v) is 8.10. The number of hydrogen-bond donors (Lipinski definition) is 4. The minimum atomic E-state index is -0.183. The molecule has 4 aromatic rings. The van der Waals surface area contributed by atoms with E-state index < -0.39 is 0 Å². The summed E-state index contributed by atoms with van der Waals surface area (Å²) in [5, 5.41) is 12.0. The molecule has 2 heterocycles. The number of thiophene rings is 1. The van der Waals surface area contributed by atoms with Crippen LogP contribution in [0.3, 0.4) is 0 Å². The molecule has 0 aliphatic carbocycles. The number of nitrogens with two attached hydrogens (primary N) is 1. The van der Waals surface area contributed by atoms with Crippen molar-refractivity contribution in [3.63, 3.8) is 0 Å². The van der Waals surface area contributed by atoms with Gasteiger partial charge in [0.15, 0.2) is 0 Å². The van der Waals surface area contributed by atoms with Gasteiger partial charge in [-0.3, -0.25) is 4.79 Å². The molecule has 38 heavy (non-hydrogen) atoms. The lowest BCUT2D eigenvalue weighted by Crippen LogP contribution is -2.19. The number of carbonyl (C=O) groups excluding carboxylic acids is 1. The average Bonchev–Trinajstić information content (AvgIpc) is 3.59. The highest BCUT2D eigenvalue weighted by Gasteiger charge is 2.20. The lowest BCUT2D eigenvalue weighted by Gasteiger charge is -2.13. The zero-order valence-corrected chi connectivity index (χ0v) is 23.0. The van der Waals surface area contributed by atoms with Crippen LogP contribution in [0, 0.1) is 0 Å². The van der Waals surface area contributed by atoms with E-state index in [1.807, 2.05) is 92.3 Å². The minimum Gasteiger partial charge on any atom is -0.492 e. The Morgan fingerprint density at radius 1 is 1.05 bits per heavy atom. The normalized spacial score (nSPS) is 14.0. The lowest BCUT2D eigenvalue weighted by atomic mass is 10.1. The van der Waals surface area contributed by atoms with Crippen LogP contribution in [0.2, 0.25) is 0 Å². The molecular formula is C29H31N5O2S2. The van der Waals surface area contributed by atoms with E-state index in [-0.39, 0.29) is 11.4 Å². The largest absolute Gasteiger partial charge is 0.492 e. The number of amides is 1. The molecule has 0 saturated heterocycles. The molecule has 0 saturated carbocycles. The van der Waals surface area contributed by atoms with Gasteiger partial charge in [0.25, 0.3) is 5.91 Å². The van der Waals surface area contributed by atoms with E-state index in [0.29, 0.717) is 23.5 Å². The first-order chi connectivity index (χ1) is 18.4. The Hall–Kier alpha value is -3.66. The van der Waals surface area contributed by atoms with Crippen LogP contribution < -0.4 is 26.4 Å². The zero-order chi connectivity index (χ0) is 26.5. The Morgan fingerprint density at radius 2 is 1.87 bits per heavy atom. The Kier molecular flexibility index (Phi) is 8.07. The summed E-state index contributed by atoms with van der Waals surface area (Å²) in [6.45, 7) is 1.53. The minimum absolute atomic E-state index is 0.0589. The van der Waals surface area contributed by atoms with Crippen LogP contribution in [-0.2, 0) is 5.75 Å². The molecule has 0 spiro atoms. The maximum Gasteiger partial charge on any atom is 0.255 e. The van der Waals surface area contributed by atoms with E-state index >= 15 is 0 Å². The molecule has 3 aromatic carbocycles. The first-order valence-electron chi connectivity index (χ1n) is 12.3. The van der Waals surface area contributed by atoms with Crippen molar-refractivity contribution in [2.24, 2.45) is 0 Å². The summed E-state index contributed by atoms with van der Waals surface area (Å²) in [5.41, 5.74) is 12.2. The summed E-state index contributed by atoms with van der Waals surface area (Å²) in [6, 6.07) is 23.5. The van der Waals surface area contributed by atoms with Crippen LogP contribution in [0.15, 0.2) is 78.2 Å². The number of likely N-dealkylation sites (N-methyl/N-ethyl adjacent to an activating group) is 1. The van der Waals surface area contributed by atoms with Crippen molar-refractivity contribution < 1.29 is 9.53 Å². The molecule has 1 aromatic heterocycles. The van der Waals surface area contributed by atoms with Crippen molar-refractivity contribution in [2.75, 3.05) is 48.9 Å². The molecule has 1 amide bonds. The molecule has 5 N–H and O–H groups in total. The lowest BCUT2D eigenvalue weighted by molar-refractivity contribution is 0.102. The molecule has 0 fully saturated rings. The number of thioether (sulfide) groups is 1. The SMILES string of the molecule is CN(C)CCOc1ccc2c(c1)NC(SCc1ccc(C(=O)Nc3cc(-c4cccs4)ccc3N)cc1)N2. The number of benzene rings is 3. The Balaban J connectivity index is 1.13. The highest BCUT2D eigenvalue weighted by molar-refractivity contribution is 7.99. The van der Waals surface area contributed by atoms with E-state index in [9.17, 15) is 4.79 Å². The molecule has 0 radical (unpaired) electrons. The fraction of sp³-hybridized carbons (Fsp3) is 0.207. The summed E-state index contributed by atoms with van der Waals surface area (Å²) < 4.78 is 5.85. The molecular weight excluding hydrogens is 514 g/mol. The first-order valence-corrected chi connectivity index (χ1v) is 14.3. The van der Waals surface area contributed by atoms with Crippen molar-refractivity contribution >= 4 is 51.8 Å². The molecule has 1 atom stereocenters. The van der Waals surface area contributed by atoms with Crippen molar-refractivity contribution in [3.8, 4) is 16.2 Å². The number of anilines is 4. The number of ether oxygens (including phenoxy) is 1. The standard InChI is InChI=1S/C29H31N5O2S2/c1-34(2)13-14-36-22-10-12-24-26(17-22)33-29(32-24)38-18-19-5-7-20(8-6-19)28(35)31-25-16-21(9-11-23(25)30)27-4-3-15-37-27/h3-12,15-17,29,32-33H,13-14,18,30H2,1-2H3,(H,31,35). The molecule has 7 nitrogen and oxygen atoms in total. The molecule has 1 aliphatic heterocycles. The summed E-state index contributed by atoms with van der Waals surface area (Å²) in [7, 11) is 4.06. The number of hydrogen-bond acceptors (Lipinski definition) is 8. The molecule has 5 rings (SSSR count). The van der Waals surface area contributed by atoms with Crippen LogP contribution in [0.25, 0.3) is 10.4 Å². The molecule has 0 bridgehead atoms. The Labute approximate surface area is 231 Å². The zero-order valence-electron chi connectivity index (χ0n) is 21.4. The van der Waals surface area contributed by atoms with Gasteiger partial charge < -0.3 is 31.3 Å². The number of carbonyl (C=O) groups is 1. The van der Waals surface area contributed by atoms with Crippen LogP contribution in [-0.4, -0.2) is 43.6 Å². The Bertz CT molecular complexity index is 1390. The van der Waals surface area contributed by atoms with Crippen molar-refractivity contribution in [1.29, 1.82) is 0 Å². The third-order valence-electron chi connectivity index (χ3n) is 6.11. The number of fused-ring (bicyclic) bond motifs is 1. The second-order valence-corrected chi connectivity index (χ2v) is 11.3. The summed E-state index contributed by atoms with van der Waals surface area (Å²) in [5.74, 6) is 1.47. The number of nitrogens with zero attached hydrogens (tertiary/aromatic N) is 1. The predicted octanol–water partition coefficient (Wildman–Crippen LogP) is 6.24. The quantitative estimate of drug-likeness (QED) is 0.175. The second kappa shape index (κ2) is 11.8. The number of rotatable bonds is 10. The van der Waals surface area contributed by atoms with Gasteiger partial charge in [0.2, 0.25) is 0 Å². The predicted molar refractivity (Wildman–Crippen MR) is 161 cm³/mol. The van der Waals surface area contributed by atoms with Gasteiger partial charge in [-0.15, -0.1) is 23.1 Å². The summed E-state index contributed by atoms with van der Waals surface area (Å²) >= 11 is 3.40. The van der Waals surface area contributed by atoms with Gasteiger partial charge in [-0.2, -0.15) is 0 Å². The summed E-state index contributed by atoms with van der Waals surface area (Å²) in [4.78, 5) is 16.1. The van der Waals surface area contributed by atoms with Crippen molar-refractivity contribution in [2.45, 2.75) is 11.3 Å². The third kappa shape index (κ3) is 6.42. The van der Waals surface area contributed by atoms with E-state index in [4.69, 9.17) is 10.5 Å². The number of nitrogens with one attached hydrogen (secondary N) is 3. The smallest absolute Gasteiger partial charge is 0.255 e. The second-order valence-electron chi connectivity index (χ2n) is 9.27. The van der Waals surface area contributed by atoms with Gasteiger partial charge >= 0.3 is 0 Å². The maximum absolute atomic E-state index is 12.9. The van der Waals surface area contributed by atoms with Gasteiger partial charge in [-0.25, -0.2) is 0 Å². The van der Waals surface area contributed by atoms with Gasteiger partial charge in [-0.05, 0) is 73.1 Å². The van der Waals surface area contributed by atoms with E-state index in [1.54, 1.807) is 23.1 Å². The molecule has 9 heteroatoms. The fourth-order valence-corrected chi connectivity index (χ4v) is 5.69. The van der Waals surface area contributed by atoms with Crippen LogP contribution in [0.4, 0.5) is 22.7 Å². The van der Waals surface area contributed by atoms with Gasteiger partial charge in [0.05, 0.1) is 22.7 Å². The van der Waals surface area contributed by atoms with E-state index in [2.05, 4.69) is 20.9 Å². The monoisotopic (exact) mass is 545 g/mol. The Morgan fingerprint density at radius 3 is 2.63 bits per heavy atom. The van der Waals surface area contributed by atoms with E-state index in [1.165, 1.54) is 0 Å². The van der Waals surface area contributed by atoms with Crippen LogP contribution in [0.5, 0.6) is 5.75 Å². The summed E-state index contributed by atoms with van der Waals surface area (Å²) in [6.07, 6.45) is 0. The average molecular weight is 546 g/mol. The molecule has 1 aliphatic rings. The van der Waals surface area contributed by atoms with E-state index in [0.717, 1.165) is 45.4 Å². The number of nitrogen functional groups attached to an aromatic ring is 1.